The molecule has 0 atom stereocenters. The first kappa shape index (κ1) is 11.8. The molecule has 0 saturated carbocycles. The largest absolute Gasteiger partial charge is 0.476 e. The van der Waals surface area contributed by atoms with E-state index in [0.29, 0.717) is 5.69 Å². The Balaban J connectivity index is 2.57. The van der Waals surface area contributed by atoms with Crippen molar-refractivity contribution in [3.05, 3.63) is 41.2 Å². The molecule has 92 valence electrons. The van der Waals surface area contributed by atoms with E-state index in [1.54, 1.807) is 18.2 Å². The molecule has 1 aromatic carbocycles. The second-order valence-electron chi connectivity index (χ2n) is 3.64. The number of carbonyl (C=O) groups is 2. The maximum atomic E-state index is 10.9. The molecule has 18 heavy (non-hydrogen) atoms. The van der Waals surface area contributed by atoms with Crippen molar-refractivity contribution in [3.63, 3.8) is 0 Å². The highest BCUT2D eigenvalue weighted by Crippen LogP contribution is 2.11. The van der Waals surface area contributed by atoms with Crippen molar-refractivity contribution in [2.45, 2.75) is 6.92 Å². The highest BCUT2D eigenvalue weighted by molar-refractivity contribution is 5.98. The smallest absolute Gasteiger partial charge is 0.359 e. The van der Waals surface area contributed by atoms with Gasteiger partial charge in [-0.05, 0) is 24.6 Å². The molecular formula is C11H9N3O4. The van der Waals surface area contributed by atoms with Crippen LogP contribution in [0.25, 0.3) is 5.69 Å². The molecule has 0 aliphatic rings. The quantitative estimate of drug-likeness (QED) is 0.837. The van der Waals surface area contributed by atoms with E-state index in [9.17, 15) is 9.59 Å². The summed E-state index contributed by atoms with van der Waals surface area (Å²) < 4.78 is 0. The minimum atomic E-state index is -1.42. The van der Waals surface area contributed by atoms with Crippen LogP contribution in [0.1, 0.15) is 26.5 Å². The Labute approximate surface area is 101 Å². The summed E-state index contributed by atoms with van der Waals surface area (Å²) in [6.07, 6.45) is 0. The molecule has 0 amide bonds. The molecule has 0 radical (unpaired) electrons. The minimum absolute atomic E-state index is 0.505. The SMILES string of the molecule is Cc1cccc(-n2nc(C(=O)O)c(C(=O)O)n2)c1. The molecule has 0 bridgehead atoms. The standard InChI is InChI=1S/C11H9N3O4/c1-6-3-2-4-7(5-6)14-12-8(10(15)16)9(13-14)11(17)18/h2-5H,1H3,(H,15,16)(H,17,18). The first-order valence-electron chi connectivity index (χ1n) is 5.00. The fraction of sp³-hybridized carbons (Fsp3) is 0.0909. The highest BCUT2D eigenvalue weighted by atomic mass is 16.4. The Bertz CT molecular complexity index is 601. The van der Waals surface area contributed by atoms with Crippen LogP contribution in [0.4, 0.5) is 0 Å². The van der Waals surface area contributed by atoms with E-state index < -0.39 is 23.3 Å². The third-order valence-corrected chi connectivity index (χ3v) is 2.25. The topological polar surface area (TPSA) is 105 Å². The normalized spacial score (nSPS) is 10.3. The summed E-state index contributed by atoms with van der Waals surface area (Å²) in [7, 11) is 0. The van der Waals surface area contributed by atoms with Gasteiger partial charge in [0, 0.05) is 0 Å². The second-order valence-corrected chi connectivity index (χ2v) is 3.64. The lowest BCUT2D eigenvalue weighted by atomic mass is 10.2. The van der Waals surface area contributed by atoms with Crippen LogP contribution in [0.5, 0.6) is 0 Å². The third-order valence-electron chi connectivity index (χ3n) is 2.25. The fourth-order valence-corrected chi connectivity index (χ4v) is 1.46. The van der Waals surface area contributed by atoms with Crippen molar-refractivity contribution in [3.8, 4) is 5.69 Å². The maximum absolute atomic E-state index is 10.9. The van der Waals surface area contributed by atoms with E-state index in [1.165, 1.54) is 0 Å². The minimum Gasteiger partial charge on any atom is -0.476 e. The maximum Gasteiger partial charge on any atom is 0.359 e. The second kappa shape index (κ2) is 4.28. The van der Waals surface area contributed by atoms with Crippen LogP contribution in [0, 0.1) is 6.92 Å². The molecule has 2 aromatic rings. The van der Waals surface area contributed by atoms with Crippen molar-refractivity contribution < 1.29 is 19.8 Å². The molecule has 2 rings (SSSR count). The lowest BCUT2D eigenvalue weighted by molar-refractivity contribution is 0.0644. The number of nitrogens with zero attached hydrogens (tertiary/aromatic N) is 3. The molecule has 0 fully saturated rings. The van der Waals surface area contributed by atoms with Gasteiger partial charge in [-0.3, -0.25) is 0 Å². The predicted molar refractivity (Wildman–Crippen MR) is 60.0 cm³/mol. The molecule has 0 saturated heterocycles. The number of rotatable bonds is 3. The van der Waals surface area contributed by atoms with Crippen molar-refractivity contribution in [1.82, 2.24) is 15.0 Å². The Kier molecular flexibility index (Phi) is 2.80. The Morgan fingerprint density at radius 2 is 1.67 bits per heavy atom. The monoisotopic (exact) mass is 247 g/mol. The molecule has 2 N–H and O–H groups in total. The van der Waals surface area contributed by atoms with Gasteiger partial charge in [0.15, 0.2) is 0 Å². The summed E-state index contributed by atoms with van der Waals surface area (Å²) >= 11 is 0. The molecule has 0 unspecified atom stereocenters. The zero-order chi connectivity index (χ0) is 13.3. The molecule has 0 aliphatic heterocycles. The van der Waals surface area contributed by atoms with Gasteiger partial charge in [0.2, 0.25) is 11.4 Å². The van der Waals surface area contributed by atoms with Crippen molar-refractivity contribution in [2.24, 2.45) is 0 Å². The van der Waals surface area contributed by atoms with E-state index in [2.05, 4.69) is 10.2 Å². The number of hydrogen-bond acceptors (Lipinski definition) is 4. The lowest BCUT2D eigenvalue weighted by Gasteiger charge is -1.99. The Morgan fingerprint density at radius 1 is 1.11 bits per heavy atom. The number of aromatic carboxylic acids is 2. The number of aromatic nitrogens is 3. The zero-order valence-electron chi connectivity index (χ0n) is 9.36. The van der Waals surface area contributed by atoms with Gasteiger partial charge in [0.25, 0.3) is 0 Å². The lowest BCUT2D eigenvalue weighted by Crippen LogP contribution is -2.07. The van der Waals surface area contributed by atoms with Gasteiger partial charge in [-0.15, -0.1) is 15.0 Å². The van der Waals surface area contributed by atoms with Crippen LogP contribution in [-0.4, -0.2) is 37.1 Å². The van der Waals surface area contributed by atoms with Crippen molar-refractivity contribution >= 4 is 11.9 Å². The van der Waals surface area contributed by atoms with E-state index in [0.717, 1.165) is 10.4 Å². The van der Waals surface area contributed by atoms with Crippen LogP contribution in [0.3, 0.4) is 0 Å². The first-order valence-corrected chi connectivity index (χ1v) is 5.00. The van der Waals surface area contributed by atoms with Crippen LogP contribution in [0.2, 0.25) is 0 Å². The van der Waals surface area contributed by atoms with Crippen molar-refractivity contribution in [2.75, 3.05) is 0 Å². The van der Waals surface area contributed by atoms with E-state index in [-0.39, 0.29) is 0 Å². The fourth-order valence-electron chi connectivity index (χ4n) is 1.46. The van der Waals surface area contributed by atoms with E-state index in [1.807, 2.05) is 13.0 Å². The molecule has 1 heterocycles. The third kappa shape index (κ3) is 2.05. The molecule has 7 heteroatoms. The predicted octanol–water partition coefficient (Wildman–Crippen LogP) is 0.972. The average molecular weight is 247 g/mol. The molecule has 0 spiro atoms. The zero-order valence-corrected chi connectivity index (χ0v) is 9.36. The van der Waals surface area contributed by atoms with Gasteiger partial charge < -0.3 is 10.2 Å². The van der Waals surface area contributed by atoms with Gasteiger partial charge in [-0.2, -0.15) is 0 Å². The van der Waals surface area contributed by atoms with E-state index in [4.69, 9.17) is 10.2 Å². The molecule has 0 aliphatic carbocycles. The van der Waals surface area contributed by atoms with Gasteiger partial charge >= 0.3 is 11.9 Å². The average Bonchev–Trinajstić information content (AvgIpc) is 2.73. The first-order chi connectivity index (χ1) is 8.49. The number of carboxylic acid groups (broad SMARTS) is 2. The number of carboxylic acids is 2. The summed E-state index contributed by atoms with van der Waals surface area (Å²) in [6, 6.07) is 6.97. The van der Waals surface area contributed by atoms with Crippen LogP contribution >= 0.6 is 0 Å². The van der Waals surface area contributed by atoms with Gasteiger partial charge in [0.05, 0.1) is 5.69 Å². The van der Waals surface area contributed by atoms with Gasteiger partial charge in [0.1, 0.15) is 0 Å². The van der Waals surface area contributed by atoms with E-state index >= 15 is 0 Å². The van der Waals surface area contributed by atoms with Crippen molar-refractivity contribution in [1.29, 1.82) is 0 Å². The van der Waals surface area contributed by atoms with Gasteiger partial charge in [-0.25, -0.2) is 9.59 Å². The van der Waals surface area contributed by atoms with Crippen LogP contribution < -0.4 is 0 Å². The van der Waals surface area contributed by atoms with Crippen LogP contribution in [0.15, 0.2) is 24.3 Å². The summed E-state index contributed by atoms with van der Waals surface area (Å²) in [5.74, 6) is -2.85. The van der Waals surface area contributed by atoms with Gasteiger partial charge in [-0.1, -0.05) is 12.1 Å². The molecule has 1 aromatic heterocycles. The molecular weight excluding hydrogens is 238 g/mol. The number of hydrogen-bond donors (Lipinski definition) is 2. The Morgan fingerprint density at radius 3 is 2.11 bits per heavy atom. The highest BCUT2D eigenvalue weighted by Gasteiger charge is 2.23. The summed E-state index contributed by atoms with van der Waals surface area (Å²) in [4.78, 5) is 22.7. The summed E-state index contributed by atoms with van der Waals surface area (Å²) in [5.41, 5.74) is 0.275. The molecule has 7 nitrogen and oxygen atoms in total. The number of benzene rings is 1. The Hall–Kier alpha value is -2.70. The number of aryl methyl sites for hydroxylation is 1. The summed E-state index contributed by atoms with van der Waals surface area (Å²) in [5, 5.41) is 25.0. The summed E-state index contributed by atoms with van der Waals surface area (Å²) in [6.45, 7) is 1.85. The van der Waals surface area contributed by atoms with Crippen LogP contribution in [-0.2, 0) is 0 Å².